The lowest BCUT2D eigenvalue weighted by Crippen LogP contribution is -2.45. The number of carbonyl (C=O) groups is 1. The lowest BCUT2D eigenvalue weighted by molar-refractivity contribution is -0.139. The van der Waals surface area contributed by atoms with Crippen LogP contribution in [0.1, 0.15) is 6.92 Å². The van der Waals surface area contributed by atoms with Crippen molar-refractivity contribution in [3.63, 3.8) is 0 Å². The highest BCUT2D eigenvalue weighted by Crippen LogP contribution is 2.30. The summed E-state index contributed by atoms with van der Waals surface area (Å²) in [5, 5.41) is 8.82. The van der Waals surface area contributed by atoms with Gasteiger partial charge in [-0.25, -0.2) is 0 Å². The number of aliphatic carboxylic acids is 1. The van der Waals surface area contributed by atoms with Crippen LogP contribution >= 0.6 is 45.2 Å². The normalized spacial score (nSPS) is 19.5. The van der Waals surface area contributed by atoms with Gasteiger partial charge in [0, 0.05) is 0 Å². The Bertz CT molecular complexity index is 159. The van der Waals surface area contributed by atoms with Gasteiger partial charge in [-0.3, -0.25) is 9.69 Å². The fourth-order valence-corrected chi connectivity index (χ4v) is 1.41. The average Bonchev–Trinajstić information content (AvgIpc) is 1.85. The van der Waals surface area contributed by atoms with Gasteiger partial charge in [-0.15, -0.1) is 0 Å². The van der Waals surface area contributed by atoms with Gasteiger partial charge in [-0.1, -0.05) is 45.2 Å². The number of halogens is 2. The van der Waals surface area contributed by atoms with Crippen LogP contribution in [0.2, 0.25) is 0 Å². The van der Waals surface area contributed by atoms with Crippen molar-refractivity contribution >= 4 is 51.2 Å². The van der Waals surface area contributed by atoms with Crippen LogP contribution in [0.3, 0.4) is 0 Å². The predicted octanol–water partition coefficient (Wildman–Crippen LogP) is 1.59. The van der Waals surface area contributed by atoms with E-state index in [1.54, 1.807) is 6.92 Å². The molecule has 0 aliphatic carbocycles. The second kappa shape index (κ2) is 4.22. The lowest BCUT2D eigenvalue weighted by atomic mass is 10.2. The highest BCUT2D eigenvalue weighted by Gasteiger charge is 2.38. The van der Waals surface area contributed by atoms with E-state index < -0.39 is 9.39 Å². The average molecular weight is 383 g/mol. The third-order valence-electron chi connectivity index (χ3n) is 1.32. The summed E-state index contributed by atoms with van der Waals surface area (Å²) in [7, 11) is 3.74. The van der Waals surface area contributed by atoms with Crippen LogP contribution in [0.5, 0.6) is 0 Å². The van der Waals surface area contributed by atoms with Crippen molar-refractivity contribution in [2.45, 2.75) is 14.4 Å². The maximum atomic E-state index is 10.7. The Morgan fingerprint density at radius 2 is 2.00 bits per heavy atom. The Labute approximate surface area is 93.8 Å². The standard InChI is InChI=1S/C6H11I2NO2/c1-6(8,5(10)11)4(7)9(2)3/h4H,1-3H3,(H,10,11). The Kier molecular flexibility index (Phi) is 4.56. The molecule has 5 heteroatoms. The molecule has 0 saturated carbocycles. The Morgan fingerprint density at radius 3 is 2.09 bits per heavy atom. The Hall–Kier alpha value is 0.890. The summed E-state index contributed by atoms with van der Waals surface area (Å²) in [5.41, 5.74) is 0. The van der Waals surface area contributed by atoms with E-state index in [9.17, 15) is 4.79 Å². The van der Waals surface area contributed by atoms with Crippen LogP contribution in [-0.4, -0.2) is 37.5 Å². The van der Waals surface area contributed by atoms with Crippen molar-refractivity contribution in [2.24, 2.45) is 0 Å². The number of alkyl halides is 2. The summed E-state index contributed by atoms with van der Waals surface area (Å²) in [4.78, 5) is 12.6. The molecule has 0 aromatic heterocycles. The molecule has 2 unspecified atom stereocenters. The maximum absolute atomic E-state index is 10.7. The van der Waals surface area contributed by atoms with Gasteiger partial charge in [0.05, 0.1) is 4.05 Å². The van der Waals surface area contributed by atoms with Gasteiger partial charge in [0.1, 0.15) is 3.42 Å². The molecular formula is C6H11I2NO2. The SMILES string of the molecule is CN(C)C(I)C(C)(I)C(=O)O. The third kappa shape index (κ3) is 3.02. The van der Waals surface area contributed by atoms with E-state index in [0.29, 0.717) is 0 Å². The molecule has 0 radical (unpaired) electrons. The van der Waals surface area contributed by atoms with Crippen molar-refractivity contribution in [2.75, 3.05) is 14.1 Å². The van der Waals surface area contributed by atoms with E-state index in [2.05, 4.69) is 22.6 Å². The van der Waals surface area contributed by atoms with E-state index in [1.165, 1.54) is 0 Å². The fourth-order valence-electron chi connectivity index (χ4n) is 0.587. The minimum absolute atomic E-state index is 0.00167. The lowest BCUT2D eigenvalue weighted by Gasteiger charge is -2.28. The van der Waals surface area contributed by atoms with Gasteiger partial charge >= 0.3 is 5.97 Å². The van der Waals surface area contributed by atoms with Gasteiger partial charge in [-0.2, -0.15) is 0 Å². The zero-order valence-electron chi connectivity index (χ0n) is 6.64. The van der Waals surface area contributed by atoms with Gasteiger partial charge in [0.15, 0.2) is 0 Å². The van der Waals surface area contributed by atoms with Crippen molar-refractivity contribution in [1.82, 2.24) is 4.90 Å². The van der Waals surface area contributed by atoms with Crippen molar-refractivity contribution in [3.05, 3.63) is 0 Å². The van der Waals surface area contributed by atoms with E-state index in [1.807, 2.05) is 41.6 Å². The quantitative estimate of drug-likeness (QED) is 0.458. The maximum Gasteiger partial charge on any atom is 0.321 e. The first-order valence-corrected chi connectivity index (χ1v) is 5.35. The minimum Gasteiger partial charge on any atom is -0.480 e. The van der Waals surface area contributed by atoms with Crippen LogP contribution in [-0.2, 0) is 4.79 Å². The highest BCUT2D eigenvalue weighted by atomic mass is 127. The largest absolute Gasteiger partial charge is 0.480 e. The fraction of sp³-hybridized carbons (Fsp3) is 0.833. The summed E-state index contributed by atoms with van der Waals surface area (Å²) in [6.45, 7) is 1.72. The van der Waals surface area contributed by atoms with Crippen molar-refractivity contribution < 1.29 is 9.90 Å². The predicted molar refractivity (Wildman–Crippen MR) is 61.6 cm³/mol. The van der Waals surface area contributed by atoms with Crippen molar-refractivity contribution in [1.29, 1.82) is 0 Å². The van der Waals surface area contributed by atoms with Crippen LogP contribution in [0.4, 0.5) is 0 Å². The number of carboxylic acid groups (broad SMARTS) is 1. The molecule has 0 amide bonds. The number of hydrogen-bond donors (Lipinski definition) is 1. The molecule has 0 aromatic rings. The molecule has 3 nitrogen and oxygen atoms in total. The van der Waals surface area contributed by atoms with Crippen molar-refractivity contribution in [3.8, 4) is 0 Å². The molecule has 0 rings (SSSR count). The molecule has 0 aliphatic heterocycles. The molecule has 0 aliphatic rings. The van der Waals surface area contributed by atoms with Gasteiger partial charge in [0.25, 0.3) is 0 Å². The number of nitrogens with zero attached hydrogens (tertiary/aromatic N) is 1. The highest BCUT2D eigenvalue weighted by molar-refractivity contribution is 14.1. The molecule has 0 aromatic carbocycles. The van der Waals surface area contributed by atoms with E-state index >= 15 is 0 Å². The molecular weight excluding hydrogens is 372 g/mol. The zero-order chi connectivity index (χ0) is 9.23. The summed E-state index contributed by atoms with van der Waals surface area (Å²) in [6.07, 6.45) is 0. The Morgan fingerprint density at radius 1 is 1.64 bits per heavy atom. The first kappa shape index (κ1) is 11.9. The monoisotopic (exact) mass is 383 g/mol. The van der Waals surface area contributed by atoms with Gasteiger partial charge < -0.3 is 5.11 Å². The van der Waals surface area contributed by atoms with Crippen LogP contribution in [0, 0.1) is 0 Å². The molecule has 0 spiro atoms. The number of hydrogen-bond acceptors (Lipinski definition) is 2. The van der Waals surface area contributed by atoms with Crippen LogP contribution in [0.25, 0.3) is 0 Å². The minimum atomic E-state index is -0.772. The molecule has 0 saturated heterocycles. The second-order valence-electron chi connectivity index (χ2n) is 2.68. The second-order valence-corrected chi connectivity index (χ2v) is 6.10. The van der Waals surface area contributed by atoms with E-state index in [0.717, 1.165) is 0 Å². The zero-order valence-corrected chi connectivity index (χ0v) is 11.0. The molecule has 0 heterocycles. The first-order chi connectivity index (χ1) is 4.80. The molecule has 1 N–H and O–H groups in total. The molecule has 66 valence electrons. The van der Waals surface area contributed by atoms with E-state index in [4.69, 9.17) is 5.11 Å². The number of carboxylic acids is 1. The van der Waals surface area contributed by atoms with Crippen LogP contribution < -0.4 is 0 Å². The summed E-state index contributed by atoms with van der Waals surface area (Å²) < 4.78 is -0.722. The number of rotatable bonds is 3. The van der Waals surface area contributed by atoms with Crippen LogP contribution in [0.15, 0.2) is 0 Å². The Balaban J connectivity index is 4.42. The van der Waals surface area contributed by atoms with Gasteiger partial charge in [0.2, 0.25) is 0 Å². The summed E-state index contributed by atoms with van der Waals surface area (Å²) in [6, 6.07) is 0. The summed E-state index contributed by atoms with van der Waals surface area (Å²) >= 11 is 4.09. The van der Waals surface area contributed by atoms with E-state index in [-0.39, 0.29) is 4.05 Å². The first-order valence-electron chi connectivity index (χ1n) is 3.03. The molecule has 0 fully saturated rings. The van der Waals surface area contributed by atoms with Gasteiger partial charge in [-0.05, 0) is 21.0 Å². The topological polar surface area (TPSA) is 40.5 Å². The summed E-state index contributed by atoms with van der Waals surface area (Å²) in [5.74, 6) is -0.772. The molecule has 0 bridgehead atoms. The smallest absolute Gasteiger partial charge is 0.321 e. The third-order valence-corrected chi connectivity index (χ3v) is 5.92. The molecule has 2 atom stereocenters. The molecule has 11 heavy (non-hydrogen) atoms.